The van der Waals surface area contributed by atoms with Gasteiger partial charge in [-0.25, -0.2) is 8.42 Å². The van der Waals surface area contributed by atoms with E-state index < -0.39 is 22.1 Å². The van der Waals surface area contributed by atoms with Crippen LogP contribution in [0.4, 0.5) is 13.2 Å². The van der Waals surface area contributed by atoms with Gasteiger partial charge in [-0.1, -0.05) is 0 Å². The molecule has 24 heavy (non-hydrogen) atoms. The number of piperazine rings is 1. The van der Waals surface area contributed by atoms with Crippen molar-refractivity contribution in [2.45, 2.75) is 24.2 Å². The highest BCUT2D eigenvalue weighted by molar-refractivity contribution is 7.89. The molecule has 6 nitrogen and oxygen atoms in total. The van der Waals surface area contributed by atoms with Gasteiger partial charge in [0.05, 0.1) is 17.0 Å². The summed E-state index contributed by atoms with van der Waals surface area (Å²) < 4.78 is 66.4. The molecular weight excluding hydrogens is 347 g/mol. The Balaban J connectivity index is 2.07. The molecule has 10 heteroatoms. The second-order valence-electron chi connectivity index (χ2n) is 5.26. The smallest absolute Gasteiger partial charge is 0.406 e. The van der Waals surface area contributed by atoms with E-state index in [-0.39, 0.29) is 24.0 Å². The van der Waals surface area contributed by atoms with Gasteiger partial charge < -0.3 is 4.74 Å². The summed E-state index contributed by atoms with van der Waals surface area (Å²) in [4.78, 5) is 1.77. The third kappa shape index (κ3) is 4.37. The molecule has 1 aromatic rings. The number of nitrogens with zero attached hydrogens (tertiary/aromatic N) is 3. The Kier molecular flexibility index (Phi) is 5.37. The number of hydrogen-bond donors (Lipinski definition) is 0. The van der Waals surface area contributed by atoms with E-state index in [1.165, 1.54) is 4.31 Å². The minimum absolute atomic E-state index is 0.0983. The highest BCUT2D eigenvalue weighted by atomic mass is 32.2. The molecular formula is C14H16F3N3O3S. The van der Waals surface area contributed by atoms with Gasteiger partial charge in [-0.05, 0) is 31.2 Å². The molecule has 0 aliphatic carbocycles. The Hall–Kier alpha value is -1.83. The Morgan fingerprint density at radius 2 is 1.71 bits per heavy atom. The predicted molar refractivity (Wildman–Crippen MR) is 78.5 cm³/mol. The summed E-state index contributed by atoms with van der Waals surface area (Å²) in [5, 5.41) is 8.88. The highest BCUT2D eigenvalue weighted by Gasteiger charge is 2.32. The van der Waals surface area contributed by atoms with Crippen LogP contribution < -0.4 is 4.74 Å². The second kappa shape index (κ2) is 6.96. The van der Waals surface area contributed by atoms with E-state index in [0.717, 1.165) is 24.3 Å². The summed E-state index contributed by atoms with van der Waals surface area (Å²) in [7, 11) is -3.79. The number of ether oxygens (including phenoxy) is 1. The van der Waals surface area contributed by atoms with E-state index in [2.05, 4.69) is 10.8 Å². The van der Waals surface area contributed by atoms with Crippen LogP contribution in [0, 0.1) is 11.3 Å². The molecule has 132 valence electrons. The molecule has 1 heterocycles. The zero-order chi connectivity index (χ0) is 18.0. The van der Waals surface area contributed by atoms with Gasteiger partial charge in [0.25, 0.3) is 0 Å². The quantitative estimate of drug-likeness (QED) is 0.816. The number of nitriles is 1. The SMILES string of the molecule is C[C@@H](C#N)N1CCN(S(=O)(=O)c2ccc(OC(F)(F)F)cc2)CC1. The third-order valence-electron chi connectivity index (χ3n) is 3.70. The van der Waals surface area contributed by atoms with Crippen molar-refractivity contribution >= 4 is 10.0 Å². The number of hydrogen-bond acceptors (Lipinski definition) is 5. The summed E-state index contributed by atoms with van der Waals surface area (Å²) in [6.07, 6.45) is -4.83. The zero-order valence-electron chi connectivity index (χ0n) is 12.8. The molecule has 0 spiro atoms. The molecule has 1 fully saturated rings. The molecule has 1 aliphatic heterocycles. The van der Waals surface area contributed by atoms with Crippen molar-refractivity contribution in [2.75, 3.05) is 26.2 Å². The molecule has 1 aromatic carbocycles. The maximum absolute atomic E-state index is 12.5. The molecule has 0 unspecified atom stereocenters. The largest absolute Gasteiger partial charge is 0.573 e. The fourth-order valence-corrected chi connectivity index (χ4v) is 3.80. The first-order valence-electron chi connectivity index (χ1n) is 7.13. The van der Waals surface area contributed by atoms with Crippen LogP contribution in [0.15, 0.2) is 29.2 Å². The highest BCUT2D eigenvalue weighted by Crippen LogP contribution is 2.25. The summed E-state index contributed by atoms with van der Waals surface area (Å²) in [5.74, 6) is -0.478. The lowest BCUT2D eigenvalue weighted by Crippen LogP contribution is -2.50. The van der Waals surface area contributed by atoms with Crippen molar-refractivity contribution in [1.29, 1.82) is 5.26 Å². The van der Waals surface area contributed by atoms with Gasteiger partial charge in [0.1, 0.15) is 5.75 Å². The van der Waals surface area contributed by atoms with E-state index in [1.807, 2.05) is 4.90 Å². The molecule has 1 atom stereocenters. The lowest BCUT2D eigenvalue weighted by atomic mass is 10.2. The van der Waals surface area contributed by atoms with Crippen molar-refractivity contribution < 1.29 is 26.3 Å². The topological polar surface area (TPSA) is 73.6 Å². The van der Waals surface area contributed by atoms with Crippen molar-refractivity contribution in [3.63, 3.8) is 0 Å². The first kappa shape index (κ1) is 18.5. The summed E-state index contributed by atoms with van der Waals surface area (Å²) in [5.41, 5.74) is 0. The first-order chi connectivity index (χ1) is 11.1. The van der Waals surface area contributed by atoms with Gasteiger partial charge in [-0.15, -0.1) is 13.2 Å². The van der Waals surface area contributed by atoms with Crippen LogP contribution >= 0.6 is 0 Å². The molecule has 0 bridgehead atoms. The van der Waals surface area contributed by atoms with Gasteiger partial charge in [0, 0.05) is 26.2 Å². The van der Waals surface area contributed by atoms with Crippen LogP contribution in [0.3, 0.4) is 0 Å². The monoisotopic (exact) mass is 363 g/mol. The Morgan fingerprint density at radius 3 is 2.17 bits per heavy atom. The van der Waals surface area contributed by atoms with Crippen molar-refractivity contribution in [3.05, 3.63) is 24.3 Å². The van der Waals surface area contributed by atoms with E-state index in [0.29, 0.717) is 13.1 Å². The molecule has 2 rings (SSSR count). The molecule has 0 aromatic heterocycles. The van der Waals surface area contributed by atoms with Crippen LogP contribution in [0.5, 0.6) is 5.75 Å². The maximum atomic E-state index is 12.5. The van der Waals surface area contributed by atoms with Crippen LogP contribution in [0.2, 0.25) is 0 Å². The standard InChI is InChI=1S/C14H16F3N3O3S/c1-11(10-18)19-6-8-20(9-7-19)24(21,22)13-4-2-12(3-5-13)23-14(15,16)17/h2-5,11H,6-9H2,1H3/t11-/m0/s1. The molecule has 0 saturated carbocycles. The lowest BCUT2D eigenvalue weighted by molar-refractivity contribution is -0.274. The van der Waals surface area contributed by atoms with Gasteiger partial charge in [0.2, 0.25) is 10.0 Å². The Morgan fingerprint density at radius 1 is 1.17 bits per heavy atom. The third-order valence-corrected chi connectivity index (χ3v) is 5.62. The average molecular weight is 363 g/mol. The molecule has 1 aliphatic rings. The van der Waals surface area contributed by atoms with E-state index in [4.69, 9.17) is 5.26 Å². The number of halogens is 3. The minimum atomic E-state index is -4.83. The van der Waals surface area contributed by atoms with E-state index in [1.54, 1.807) is 6.92 Å². The minimum Gasteiger partial charge on any atom is -0.406 e. The van der Waals surface area contributed by atoms with E-state index in [9.17, 15) is 21.6 Å². The fraction of sp³-hybridized carbons (Fsp3) is 0.500. The van der Waals surface area contributed by atoms with Crippen molar-refractivity contribution in [3.8, 4) is 11.8 Å². The van der Waals surface area contributed by atoms with Crippen LogP contribution in [0.25, 0.3) is 0 Å². The fourth-order valence-electron chi connectivity index (χ4n) is 2.38. The number of rotatable bonds is 4. The average Bonchev–Trinajstić information content (AvgIpc) is 2.53. The Labute approximate surface area is 138 Å². The second-order valence-corrected chi connectivity index (χ2v) is 7.20. The van der Waals surface area contributed by atoms with Crippen molar-refractivity contribution in [1.82, 2.24) is 9.21 Å². The van der Waals surface area contributed by atoms with Crippen LogP contribution in [0.1, 0.15) is 6.92 Å². The number of benzene rings is 1. The number of alkyl halides is 3. The molecule has 0 amide bonds. The van der Waals surface area contributed by atoms with Gasteiger partial charge in [-0.3, -0.25) is 4.90 Å². The molecule has 0 radical (unpaired) electrons. The summed E-state index contributed by atoms with van der Waals surface area (Å²) in [6, 6.07) is 5.90. The van der Waals surface area contributed by atoms with Crippen molar-refractivity contribution in [2.24, 2.45) is 0 Å². The number of sulfonamides is 1. The maximum Gasteiger partial charge on any atom is 0.573 e. The first-order valence-corrected chi connectivity index (χ1v) is 8.57. The molecule has 1 saturated heterocycles. The van der Waals surface area contributed by atoms with Gasteiger partial charge in [-0.2, -0.15) is 9.57 Å². The predicted octanol–water partition coefficient (Wildman–Crippen LogP) is 1.80. The lowest BCUT2D eigenvalue weighted by Gasteiger charge is -2.35. The zero-order valence-corrected chi connectivity index (χ0v) is 13.6. The molecule has 0 N–H and O–H groups in total. The summed E-state index contributed by atoms with van der Waals surface area (Å²) >= 11 is 0. The van der Waals surface area contributed by atoms with Gasteiger partial charge in [0.15, 0.2) is 0 Å². The van der Waals surface area contributed by atoms with Crippen LogP contribution in [-0.2, 0) is 10.0 Å². The van der Waals surface area contributed by atoms with Crippen LogP contribution in [-0.4, -0.2) is 56.2 Å². The Bertz CT molecular complexity index is 706. The van der Waals surface area contributed by atoms with Gasteiger partial charge >= 0.3 is 6.36 Å². The summed E-state index contributed by atoms with van der Waals surface area (Å²) in [6.45, 7) is 3.01. The normalized spacial score (nSPS) is 18.8. The van der Waals surface area contributed by atoms with E-state index >= 15 is 0 Å².